The van der Waals surface area contributed by atoms with Crippen molar-refractivity contribution in [2.75, 3.05) is 13.7 Å². The molecule has 1 unspecified atom stereocenters. The van der Waals surface area contributed by atoms with E-state index in [2.05, 4.69) is 25.8 Å². The third-order valence-electron chi connectivity index (χ3n) is 6.48. The number of carbonyl (C=O) groups excluding carboxylic acids is 2. The van der Waals surface area contributed by atoms with Gasteiger partial charge in [-0.1, -0.05) is 44.2 Å². The topological polar surface area (TPSA) is 68.4 Å². The van der Waals surface area contributed by atoms with Crippen molar-refractivity contribution in [2.45, 2.75) is 75.8 Å². The highest BCUT2D eigenvalue weighted by molar-refractivity contribution is 5.79. The van der Waals surface area contributed by atoms with Crippen molar-refractivity contribution < 1.29 is 23.8 Å². The summed E-state index contributed by atoms with van der Waals surface area (Å²) in [5.41, 5.74) is 0.816. The highest BCUT2D eigenvalue weighted by atomic mass is 16.6. The lowest BCUT2D eigenvalue weighted by Crippen LogP contribution is -2.48. The van der Waals surface area contributed by atoms with Crippen LogP contribution in [0.25, 0.3) is 0 Å². The first-order chi connectivity index (χ1) is 13.9. The van der Waals surface area contributed by atoms with Crippen molar-refractivity contribution in [2.24, 2.45) is 5.92 Å². The van der Waals surface area contributed by atoms with Gasteiger partial charge in [-0.15, -0.1) is 0 Å². The minimum atomic E-state index is -0.595. The van der Waals surface area contributed by atoms with Crippen molar-refractivity contribution in [1.82, 2.24) is 4.90 Å². The van der Waals surface area contributed by atoms with E-state index in [1.165, 1.54) is 0 Å². The Labute approximate surface area is 172 Å². The van der Waals surface area contributed by atoms with Crippen molar-refractivity contribution in [1.29, 1.82) is 0 Å². The van der Waals surface area contributed by atoms with Crippen LogP contribution in [0.2, 0.25) is 0 Å². The Kier molecular flexibility index (Phi) is 5.93. The Hall–Kier alpha value is -1.92. The Balaban J connectivity index is 1.37. The number of piperidine rings is 1. The van der Waals surface area contributed by atoms with Gasteiger partial charge in [-0.05, 0) is 24.9 Å². The van der Waals surface area contributed by atoms with E-state index in [0.717, 1.165) is 24.8 Å². The number of morpholine rings is 1. The summed E-state index contributed by atoms with van der Waals surface area (Å²) in [6.45, 7) is 4.16. The summed E-state index contributed by atoms with van der Waals surface area (Å²) in [5, 5.41) is 0. The fourth-order valence-electron chi connectivity index (χ4n) is 4.68. The molecule has 2 bridgehead atoms. The maximum Gasteiger partial charge on any atom is 0.317 e. The minimum Gasteiger partial charge on any atom is -0.464 e. The van der Waals surface area contributed by atoms with Gasteiger partial charge in [-0.3, -0.25) is 14.5 Å². The Morgan fingerprint density at radius 1 is 1.14 bits per heavy atom. The van der Waals surface area contributed by atoms with Crippen LogP contribution in [0.3, 0.4) is 0 Å². The molecule has 3 saturated heterocycles. The van der Waals surface area contributed by atoms with Gasteiger partial charge in [0, 0.05) is 31.3 Å². The average molecular weight is 402 g/mol. The van der Waals surface area contributed by atoms with Crippen LogP contribution in [0, 0.1) is 5.92 Å². The molecule has 158 valence electrons. The molecule has 0 saturated carbocycles. The molecule has 0 N–H and O–H groups in total. The van der Waals surface area contributed by atoms with Crippen LogP contribution < -0.4 is 0 Å². The summed E-state index contributed by atoms with van der Waals surface area (Å²) < 4.78 is 17.1. The lowest BCUT2D eigenvalue weighted by Gasteiger charge is -2.38. The molecule has 4 rings (SSSR count). The van der Waals surface area contributed by atoms with E-state index in [-0.39, 0.29) is 24.6 Å². The molecule has 6 nitrogen and oxygen atoms in total. The number of carbonyl (C=O) groups is 2. The van der Waals surface area contributed by atoms with Crippen LogP contribution in [0.1, 0.15) is 51.0 Å². The summed E-state index contributed by atoms with van der Waals surface area (Å²) in [6, 6.07) is 10.1. The number of hydrogen-bond acceptors (Lipinski definition) is 6. The van der Waals surface area contributed by atoms with Gasteiger partial charge in [0.2, 0.25) is 0 Å². The molecule has 0 radical (unpaired) electrons. The van der Waals surface area contributed by atoms with Gasteiger partial charge in [-0.25, -0.2) is 0 Å². The first-order valence-electron chi connectivity index (χ1n) is 10.7. The predicted molar refractivity (Wildman–Crippen MR) is 107 cm³/mol. The van der Waals surface area contributed by atoms with Crippen molar-refractivity contribution in [3.8, 4) is 0 Å². The molecular weight excluding hydrogens is 370 g/mol. The number of epoxide rings is 1. The van der Waals surface area contributed by atoms with Gasteiger partial charge < -0.3 is 14.2 Å². The number of rotatable bonds is 8. The second kappa shape index (κ2) is 8.44. The lowest BCUT2D eigenvalue weighted by molar-refractivity contribution is -0.159. The smallest absolute Gasteiger partial charge is 0.317 e. The summed E-state index contributed by atoms with van der Waals surface area (Å²) in [6.07, 6.45) is 3.26. The van der Waals surface area contributed by atoms with Crippen LogP contribution in [0.5, 0.6) is 0 Å². The predicted octanol–water partition coefficient (Wildman–Crippen LogP) is 2.91. The highest BCUT2D eigenvalue weighted by Crippen LogP contribution is 2.48. The first kappa shape index (κ1) is 20.4. The highest BCUT2D eigenvalue weighted by Gasteiger charge is 2.62. The Bertz CT molecular complexity index is 718. The molecule has 0 aliphatic carbocycles. The third-order valence-corrected chi connectivity index (χ3v) is 6.48. The maximum atomic E-state index is 13.0. The fourth-order valence-corrected chi connectivity index (χ4v) is 4.68. The maximum absolute atomic E-state index is 13.0. The van der Waals surface area contributed by atoms with Gasteiger partial charge in [0.15, 0.2) is 0 Å². The molecule has 0 spiro atoms. The third kappa shape index (κ3) is 4.48. The first-order valence-corrected chi connectivity index (χ1v) is 10.7. The number of esters is 2. The van der Waals surface area contributed by atoms with Crippen LogP contribution in [0.15, 0.2) is 30.3 Å². The van der Waals surface area contributed by atoms with Crippen molar-refractivity contribution in [3.05, 3.63) is 35.9 Å². The molecule has 29 heavy (non-hydrogen) atoms. The molecule has 3 heterocycles. The molecule has 6 atom stereocenters. The molecule has 1 aromatic carbocycles. The molecule has 3 aliphatic rings. The lowest BCUT2D eigenvalue weighted by atomic mass is 9.97. The van der Waals surface area contributed by atoms with Gasteiger partial charge >= 0.3 is 11.9 Å². The molecule has 6 heteroatoms. The molecule has 3 fully saturated rings. The summed E-state index contributed by atoms with van der Waals surface area (Å²) in [7, 11) is 2.13. The van der Waals surface area contributed by atoms with Gasteiger partial charge in [0.05, 0.1) is 0 Å². The van der Waals surface area contributed by atoms with Crippen molar-refractivity contribution in [3.63, 3.8) is 0 Å². The second-order valence-electron chi connectivity index (χ2n) is 8.97. The summed E-state index contributed by atoms with van der Waals surface area (Å²) in [4.78, 5) is 27.5. The standard InChI is InChI=1S/C23H31NO5/c1-14(2)9-10-20(25)27-13-17(15-7-5-4-6-8-15)23(26)28-16-11-18-21-22(29-21)19(12-16)24(18)3/h4-8,14,16-19,21-22H,9-13H2,1-3H3/t16?,17-,18-,19+,21-,22+/m1/s1. The van der Waals surface area contributed by atoms with E-state index in [4.69, 9.17) is 14.2 Å². The van der Waals surface area contributed by atoms with E-state index in [1.807, 2.05) is 30.3 Å². The zero-order chi connectivity index (χ0) is 20.5. The van der Waals surface area contributed by atoms with Crippen LogP contribution in [0.4, 0.5) is 0 Å². The Morgan fingerprint density at radius 3 is 2.41 bits per heavy atom. The zero-order valence-electron chi connectivity index (χ0n) is 17.5. The van der Waals surface area contributed by atoms with E-state index in [1.54, 1.807) is 0 Å². The van der Waals surface area contributed by atoms with Gasteiger partial charge in [-0.2, -0.15) is 0 Å². The van der Waals surface area contributed by atoms with Gasteiger partial charge in [0.1, 0.15) is 30.8 Å². The molecule has 0 amide bonds. The molecule has 0 aromatic heterocycles. The number of ether oxygens (including phenoxy) is 3. The SMILES string of the molecule is CC(C)CCC(=O)OC[C@@H](C(=O)OC1C[C@@H]2[C@H]3O[C@H]3[C@H](C1)N2C)c1ccccc1. The Morgan fingerprint density at radius 2 is 1.79 bits per heavy atom. The number of fused-ring (bicyclic) bond motifs is 5. The van der Waals surface area contributed by atoms with Crippen LogP contribution in [-0.4, -0.2) is 60.9 Å². The minimum absolute atomic E-state index is 0.0214. The zero-order valence-corrected chi connectivity index (χ0v) is 17.5. The normalized spacial score (nSPS) is 31.2. The fraction of sp³-hybridized carbons (Fsp3) is 0.652. The van der Waals surface area contributed by atoms with E-state index < -0.39 is 5.92 Å². The van der Waals surface area contributed by atoms with Crippen molar-refractivity contribution >= 4 is 11.9 Å². The largest absolute Gasteiger partial charge is 0.464 e. The monoisotopic (exact) mass is 401 g/mol. The van der Waals surface area contributed by atoms with E-state index in [0.29, 0.717) is 36.6 Å². The second-order valence-corrected chi connectivity index (χ2v) is 8.97. The average Bonchev–Trinajstić information content (AvgIpc) is 3.45. The molecule has 3 aliphatic heterocycles. The van der Waals surface area contributed by atoms with Crippen LogP contribution >= 0.6 is 0 Å². The van der Waals surface area contributed by atoms with E-state index in [9.17, 15) is 9.59 Å². The number of nitrogens with zero attached hydrogens (tertiary/aromatic N) is 1. The molecule has 1 aromatic rings. The number of benzene rings is 1. The molecular formula is C23H31NO5. The van der Waals surface area contributed by atoms with Gasteiger partial charge in [0.25, 0.3) is 0 Å². The number of likely N-dealkylation sites (N-methyl/N-ethyl adjacent to an activating group) is 1. The quantitative estimate of drug-likeness (QED) is 0.493. The van der Waals surface area contributed by atoms with Crippen LogP contribution in [-0.2, 0) is 23.8 Å². The summed E-state index contributed by atoms with van der Waals surface area (Å²) in [5.74, 6) is -0.729. The summed E-state index contributed by atoms with van der Waals surface area (Å²) >= 11 is 0. The number of hydrogen-bond donors (Lipinski definition) is 0. The van der Waals surface area contributed by atoms with E-state index >= 15 is 0 Å².